The molecule has 0 spiro atoms. The normalized spacial score (nSPS) is 13.8. The summed E-state index contributed by atoms with van der Waals surface area (Å²) in [6, 6.07) is 13.6. The van der Waals surface area contributed by atoms with E-state index in [2.05, 4.69) is 108 Å². The minimum atomic E-state index is -0.173. The van der Waals surface area contributed by atoms with Crippen molar-refractivity contribution in [3.63, 3.8) is 0 Å². The number of hydrogen-bond acceptors (Lipinski definition) is 3. The van der Waals surface area contributed by atoms with Crippen molar-refractivity contribution in [2.24, 2.45) is 0 Å². The van der Waals surface area contributed by atoms with Gasteiger partial charge in [0.1, 0.15) is 0 Å². The molecule has 0 heterocycles. The van der Waals surface area contributed by atoms with E-state index in [4.69, 9.17) is 35.1 Å². The average molecular weight is 739 g/mol. The van der Waals surface area contributed by atoms with Crippen molar-refractivity contribution in [3.8, 4) is 0 Å². The third-order valence-electron chi connectivity index (χ3n) is 8.41. The van der Waals surface area contributed by atoms with Gasteiger partial charge in [-0.15, -0.1) is 6.42 Å². The fourth-order valence-corrected chi connectivity index (χ4v) is 5.99. The van der Waals surface area contributed by atoms with Gasteiger partial charge in [0.05, 0.1) is 6.57 Å². The second kappa shape index (κ2) is 22.6. The van der Waals surface area contributed by atoms with Crippen LogP contribution in [0.1, 0.15) is 139 Å². The van der Waals surface area contributed by atoms with Crippen molar-refractivity contribution in [1.82, 2.24) is 4.90 Å². The van der Waals surface area contributed by atoms with Crippen LogP contribution >= 0.6 is 19.1 Å². The number of benzene rings is 2. The molecule has 0 aromatic heterocycles. The average Bonchev–Trinajstić information content (AvgIpc) is 3.01. The van der Waals surface area contributed by atoms with Gasteiger partial charge < -0.3 is 14.4 Å². The van der Waals surface area contributed by atoms with Gasteiger partial charge >= 0.3 is 35.0 Å². The van der Waals surface area contributed by atoms with Crippen LogP contribution in [0.4, 0.5) is 5.69 Å². The number of nitrogens with zero attached hydrogens (tertiary/aromatic N) is 2. The topological polar surface area (TPSA) is 26.1 Å². The summed E-state index contributed by atoms with van der Waals surface area (Å²) in [7, 11) is 13.1. The van der Waals surface area contributed by atoms with E-state index in [9.17, 15) is 0 Å². The van der Waals surface area contributed by atoms with Gasteiger partial charge in [0.25, 0.3) is 0 Å². The zero-order valence-corrected chi connectivity index (χ0v) is 31.8. The first-order valence-corrected chi connectivity index (χ1v) is 20.1. The van der Waals surface area contributed by atoms with Gasteiger partial charge in [-0.1, -0.05) is 117 Å². The van der Waals surface area contributed by atoms with Crippen LogP contribution in [0.5, 0.6) is 0 Å². The van der Waals surface area contributed by atoms with Gasteiger partial charge in [0, 0.05) is 20.8 Å². The quantitative estimate of drug-likeness (QED) is 0.123. The second-order valence-corrected chi connectivity index (χ2v) is 15.1. The molecule has 0 radical (unpaired) electrons. The van der Waals surface area contributed by atoms with Crippen LogP contribution in [-0.2, 0) is 31.8 Å². The number of para-hydroxylation sites is 1. The molecule has 4 nitrogen and oxygen atoms in total. The first-order valence-electron chi connectivity index (χ1n) is 16.1. The van der Waals surface area contributed by atoms with Crippen LogP contribution in [0, 0.1) is 13.1 Å². The number of rotatable bonds is 12. The second-order valence-electron chi connectivity index (χ2n) is 12.8. The molecule has 44 heavy (non-hydrogen) atoms. The molecule has 0 amide bonds. The van der Waals surface area contributed by atoms with E-state index in [0.29, 0.717) is 29.7 Å². The van der Waals surface area contributed by atoms with Crippen molar-refractivity contribution < 1.29 is 25.4 Å². The van der Waals surface area contributed by atoms with Gasteiger partial charge in [-0.2, -0.15) is 0 Å². The van der Waals surface area contributed by atoms with E-state index in [1.54, 1.807) is 14.2 Å². The molecule has 252 valence electrons. The van der Waals surface area contributed by atoms with Gasteiger partial charge in [0.2, 0.25) is 0 Å². The van der Waals surface area contributed by atoms with Crippen LogP contribution in [0.2, 0.25) is 0 Å². The molecule has 1 aliphatic carbocycles. The Labute approximate surface area is 286 Å². The molecule has 0 unspecified atom stereocenters. The standard InChI is InChI=1S/C24H40NO2.C13H17N.2ClH.Pd/c1-18(2)21-13-10-14-22(19(3)4)23(21)15-16-25(17-24(26-5)27-6)20-11-8-7-9-12-20;1-9(2)11-7-6-8-12(10(3)4)13(11)14-5;;;/h10,13-14,16,18-20,24H,7-9,11-12,15,17H2,1-6H3;6-10H,1-4H3;2*1H;/q-1;;;;+2/p-2. The fourth-order valence-electron chi connectivity index (χ4n) is 5.99. The van der Waals surface area contributed by atoms with E-state index < -0.39 is 0 Å². The summed E-state index contributed by atoms with van der Waals surface area (Å²) >= 11 is -0.106. The molecule has 0 bridgehead atoms. The Morgan fingerprint density at radius 2 is 1.20 bits per heavy atom. The summed E-state index contributed by atoms with van der Waals surface area (Å²) in [5.41, 5.74) is 7.68. The SMILES string of the molecule is COC(CN([CH-]Cc1c(C(C)C)cccc1C(C)C)C1CCCCC1)OC.[C-]#[N+]c1c(C(C)C)cccc1C(C)C.[Cl][Pd][Cl]. The Bertz CT molecular complexity index is 1050. The molecule has 7 heteroatoms. The third kappa shape index (κ3) is 13.4. The Hall–Kier alpha value is -0.948. The van der Waals surface area contributed by atoms with Crippen molar-refractivity contribution >= 4 is 24.7 Å². The van der Waals surface area contributed by atoms with Crippen LogP contribution in [0.3, 0.4) is 0 Å². The molecule has 1 saturated carbocycles. The molecule has 2 aromatic rings. The molecule has 1 aliphatic rings. The Morgan fingerprint density at radius 3 is 1.57 bits per heavy atom. The summed E-state index contributed by atoms with van der Waals surface area (Å²) in [6.45, 7) is 28.2. The van der Waals surface area contributed by atoms with Crippen LogP contribution in [-0.4, -0.2) is 38.0 Å². The molecule has 2 aromatic carbocycles. The van der Waals surface area contributed by atoms with E-state index in [-0.39, 0.29) is 22.2 Å². The number of ether oxygens (including phenoxy) is 2. The molecule has 0 saturated heterocycles. The third-order valence-corrected chi connectivity index (χ3v) is 8.41. The molecule has 0 aliphatic heterocycles. The van der Waals surface area contributed by atoms with Gasteiger partial charge in [0.15, 0.2) is 12.0 Å². The van der Waals surface area contributed by atoms with E-state index in [0.717, 1.165) is 18.7 Å². The summed E-state index contributed by atoms with van der Waals surface area (Å²) in [5.74, 6) is 1.94. The predicted molar refractivity (Wildman–Crippen MR) is 187 cm³/mol. The summed E-state index contributed by atoms with van der Waals surface area (Å²) in [5, 5.41) is 0. The fraction of sp³-hybridized carbons (Fsp3) is 0.622. The van der Waals surface area contributed by atoms with Crippen molar-refractivity contribution in [1.29, 1.82) is 0 Å². The first-order chi connectivity index (χ1) is 21.0. The van der Waals surface area contributed by atoms with Crippen molar-refractivity contribution in [2.75, 3.05) is 20.8 Å². The zero-order chi connectivity index (χ0) is 33.2. The maximum atomic E-state index is 7.24. The number of methoxy groups -OCH3 is 2. The Morgan fingerprint density at radius 1 is 0.795 bits per heavy atom. The number of halogens is 2. The van der Waals surface area contributed by atoms with Crippen molar-refractivity contribution in [2.45, 2.75) is 130 Å². The summed E-state index contributed by atoms with van der Waals surface area (Å²) in [6.07, 6.45) is 7.40. The predicted octanol–water partition coefficient (Wildman–Crippen LogP) is 11.8. The molecule has 3 rings (SSSR count). The molecular weight excluding hydrogens is 682 g/mol. The molecule has 0 atom stereocenters. The van der Waals surface area contributed by atoms with Crippen molar-refractivity contribution in [3.05, 3.63) is 82.2 Å². The number of hydrogen-bond donors (Lipinski definition) is 0. The summed E-state index contributed by atoms with van der Waals surface area (Å²) in [4.78, 5) is 6.17. The zero-order valence-electron chi connectivity index (χ0n) is 28.7. The van der Waals surface area contributed by atoms with E-state index in [1.807, 2.05) is 0 Å². The van der Waals surface area contributed by atoms with Crippen LogP contribution in [0.25, 0.3) is 4.85 Å². The minimum absolute atomic E-state index is 0.106. The van der Waals surface area contributed by atoms with E-state index in [1.165, 1.54) is 59.9 Å². The molecular formula is C37H57Cl2N2O2Pd-. The van der Waals surface area contributed by atoms with Gasteiger partial charge in [-0.25, -0.2) is 4.85 Å². The molecule has 0 N–H and O–H groups in total. The van der Waals surface area contributed by atoms with Crippen LogP contribution in [0.15, 0.2) is 36.4 Å². The molecule has 1 fully saturated rings. The first kappa shape index (κ1) is 41.1. The monoisotopic (exact) mass is 737 g/mol. The summed E-state index contributed by atoms with van der Waals surface area (Å²) < 4.78 is 11.0. The Kier molecular flexibility index (Phi) is 21.1. The Balaban J connectivity index is 0.000000476. The van der Waals surface area contributed by atoms with Gasteiger partial charge in [-0.3, -0.25) is 6.54 Å². The van der Waals surface area contributed by atoms with E-state index >= 15 is 0 Å². The van der Waals surface area contributed by atoms with Crippen LogP contribution < -0.4 is 0 Å². The van der Waals surface area contributed by atoms with Gasteiger partial charge in [-0.05, 0) is 64.8 Å². The maximum absolute atomic E-state index is 7.24.